The number of amides is 1. The number of nitrogens with two attached hydrogens (primary N) is 2. The lowest BCUT2D eigenvalue weighted by atomic mass is 9.99. The first kappa shape index (κ1) is 9.58. The fraction of sp³-hybridized carbons (Fsp3) is 0.300. The maximum Gasteiger partial charge on any atom is 0.248 e. The Kier molecular flexibility index (Phi) is 2.56. The van der Waals surface area contributed by atoms with Crippen LogP contribution >= 0.6 is 0 Å². The summed E-state index contributed by atoms with van der Waals surface area (Å²) < 4.78 is 0. The van der Waals surface area contributed by atoms with Crippen molar-refractivity contribution in [2.24, 2.45) is 5.73 Å². The molecule has 0 bridgehead atoms. The summed E-state index contributed by atoms with van der Waals surface area (Å²) in [6.45, 7) is 4.05. The first-order valence-corrected chi connectivity index (χ1v) is 4.21. The second-order valence-corrected chi connectivity index (χ2v) is 3.36. The minimum Gasteiger partial charge on any atom is -0.398 e. The molecule has 1 amide bonds. The van der Waals surface area contributed by atoms with E-state index >= 15 is 0 Å². The summed E-state index contributed by atoms with van der Waals surface area (Å²) in [4.78, 5) is 10.9. The van der Waals surface area contributed by atoms with Crippen LogP contribution in [0, 0.1) is 0 Å². The van der Waals surface area contributed by atoms with Gasteiger partial charge in [-0.2, -0.15) is 0 Å². The molecule has 1 aromatic rings. The van der Waals surface area contributed by atoms with Crippen molar-refractivity contribution in [1.82, 2.24) is 0 Å². The molecule has 3 nitrogen and oxygen atoms in total. The Morgan fingerprint density at radius 2 is 2.00 bits per heavy atom. The van der Waals surface area contributed by atoms with Crippen LogP contribution in [-0.2, 0) is 0 Å². The minimum atomic E-state index is -0.415. The maximum absolute atomic E-state index is 10.9. The molecule has 4 N–H and O–H groups in total. The zero-order chi connectivity index (χ0) is 10.0. The van der Waals surface area contributed by atoms with Gasteiger partial charge in [0, 0.05) is 11.3 Å². The fourth-order valence-electron chi connectivity index (χ4n) is 1.23. The molecule has 0 aliphatic carbocycles. The second kappa shape index (κ2) is 3.47. The van der Waals surface area contributed by atoms with E-state index in [0.29, 0.717) is 17.2 Å². The highest BCUT2D eigenvalue weighted by atomic mass is 16.1. The molecule has 70 valence electrons. The quantitative estimate of drug-likeness (QED) is 0.673. The van der Waals surface area contributed by atoms with Crippen LogP contribution in [0.15, 0.2) is 18.2 Å². The van der Waals surface area contributed by atoms with Gasteiger partial charge < -0.3 is 11.5 Å². The van der Waals surface area contributed by atoms with Gasteiger partial charge in [-0.3, -0.25) is 4.79 Å². The Labute approximate surface area is 77.7 Å². The summed E-state index contributed by atoms with van der Waals surface area (Å²) in [5.41, 5.74) is 13.1. The van der Waals surface area contributed by atoms with Crippen LogP contribution in [0.3, 0.4) is 0 Å². The van der Waals surface area contributed by atoms with E-state index < -0.39 is 5.91 Å². The van der Waals surface area contributed by atoms with Crippen molar-refractivity contribution in [3.05, 3.63) is 29.3 Å². The second-order valence-electron chi connectivity index (χ2n) is 3.36. The van der Waals surface area contributed by atoms with Crippen molar-refractivity contribution in [1.29, 1.82) is 0 Å². The monoisotopic (exact) mass is 178 g/mol. The molecule has 1 rings (SSSR count). The number of hydrogen-bond acceptors (Lipinski definition) is 2. The van der Waals surface area contributed by atoms with Gasteiger partial charge >= 0.3 is 0 Å². The Hall–Kier alpha value is -1.51. The molecular formula is C10H14N2O. The lowest BCUT2D eigenvalue weighted by Gasteiger charge is -2.09. The summed E-state index contributed by atoms with van der Waals surface area (Å²) in [5, 5.41) is 0. The Bertz CT molecular complexity index is 332. The van der Waals surface area contributed by atoms with E-state index in [2.05, 4.69) is 0 Å². The summed E-state index contributed by atoms with van der Waals surface area (Å²) in [7, 11) is 0. The first-order valence-electron chi connectivity index (χ1n) is 4.21. The van der Waals surface area contributed by atoms with E-state index in [1.54, 1.807) is 18.2 Å². The summed E-state index contributed by atoms with van der Waals surface area (Å²) in [6.07, 6.45) is 0. The number of hydrogen-bond donors (Lipinski definition) is 2. The van der Waals surface area contributed by atoms with Crippen LogP contribution in [-0.4, -0.2) is 5.91 Å². The Morgan fingerprint density at radius 3 is 2.46 bits per heavy atom. The van der Waals surface area contributed by atoms with E-state index in [0.717, 1.165) is 5.56 Å². The molecule has 0 fully saturated rings. The van der Waals surface area contributed by atoms with Gasteiger partial charge in [0.1, 0.15) is 0 Å². The number of primary amides is 1. The minimum absolute atomic E-state index is 0.305. The molecule has 0 unspecified atom stereocenters. The average molecular weight is 178 g/mol. The van der Waals surface area contributed by atoms with E-state index in [1.165, 1.54) is 0 Å². The van der Waals surface area contributed by atoms with Gasteiger partial charge in [0.05, 0.1) is 0 Å². The van der Waals surface area contributed by atoms with Gasteiger partial charge in [0.25, 0.3) is 0 Å². The van der Waals surface area contributed by atoms with Crippen molar-refractivity contribution in [3.63, 3.8) is 0 Å². The molecule has 0 saturated heterocycles. The molecule has 0 aliphatic heterocycles. The maximum atomic E-state index is 10.9. The van der Waals surface area contributed by atoms with E-state index in [9.17, 15) is 4.79 Å². The molecular weight excluding hydrogens is 164 g/mol. The zero-order valence-corrected chi connectivity index (χ0v) is 7.87. The molecule has 0 heterocycles. The molecule has 1 aromatic carbocycles. The van der Waals surface area contributed by atoms with Crippen LogP contribution in [0.2, 0.25) is 0 Å². The third-order valence-electron chi connectivity index (χ3n) is 1.99. The number of anilines is 1. The molecule has 0 atom stereocenters. The molecule has 13 heavy (non-hydrogen) atoms. The Balaban J connectivity index is 3.19. The van der Waals surface area contributed by atoms with Crippen molar-refractivity contribution in [3.8, 4) is 0 Å². The average Bonchev–Trinajstić information content (AvgIpc) is 2.04. The number of carbonyl (C=O) groups is 1. The standard InChI is InChI=1S/C10H14N2O/c1-6(2)8-5-7(10(12)13)3-4-9(8)11/h3-6H,11H2,1-2H3,(H2,12,13). The predicted molar refractivity (Wildman–Crippen MR) is 53.5 cm³/mol. The fourth-order valence-corrected chi connectivity index (χ4v) is 1.23. The van der Waals surface area contributed by atoms with Gasteiger partial charge in [-0.15, -0.1) is 0 Å². The highest BCUT2D eigenvalue weighted by Gasteiger charge is 2.07. The molecule has 0 radical (unpaired) electrons. The molecule has 0 aliphatic rings. The lowest BCUT2D eigenvalue weighted by Crippen LogP contribution is -2.12. The third kappa shape index (κ3) is 1.99. The number of nitrogen functional groups attached to an aromatic ring is 1. The highest BCUT2D eigenvalue weighted by molar-refractivity contribution is 5.93. The number of benzene rings is 1. The molecule has 3 heteroatoms. The molecule has 0 aromatic heterocycles. The summed E-state index contributed by atoms with van der Waals surface area (Å²) in [6, 6.07) is 5.11. The normalized spacial score (nSPS) is 10.4. The van der Waals surface area contributed by atoms with Crippen LogP contribution < -0.4 is 11.5 Å². The topological polar surface area (TPSA) is 69.1 Å². The SMILES string of the molecule is CC(C)c1cc(C(N)=O)ccc1N. The lowest BCUT2D eigenvalue weighted by molar-refractivity contribution is 0.1000. The number of rotatable bonds is 2. The molecule has 0 saturated carbocycles. The van der Waals surface area contributed by atoms with Gasteiger partial charge in [0.15, 0.2) is 0 Å². The van der Waals surface area contributed by atoms with E-state index in [-0.39, 0.29) is 0 Å². The van der Waals surface area contributed by atoms with Crippen molar-refractivity contribution in [2.75, 3.05) is 5.73 Å². The summed E-state index contributed by atoms with van der Waals surface area (Å²) >= 11 is 0. The van der Waals surface area contributed by atoms with Crippen molar-refractivity contribution < 1.29 is 4.79 Å². The highest BCUT2D eigenvalue weighted by Crippen LogP contribution is 2.22. The van der Waals surface area contributed by atoms with Crippen LogP contribution in [0.4, 0.5) is 5.69 Å². The van der Waals surface area contributed by atoms with Crippen molar-refractivity contribution in [2.45, 2.75) is 19.8 Å². The van der Waals surface area contributed by atoms with Crippen molar-refractivity contribution >= 4 is 11.6 Å². The molecule has 0 spiro atoms. The van der Waals surface area contributed by atoms with E-state index in [4.69, 9.17) is 11.5 Å². The van der Waals surface area contributed by atoms with E-state index in [1.807, 2.05) is 13.8 Å². The van der Waals surface area contributed by atoms with Gasteiger partial charge in [-0.25, -0.2) is 0 Å². The Morgan fingerprint density at radius 1 is 1.38 bits per heavy atom. The summed E-state index contributed by atoms with van der Waals surface area (Å²) in [5.74, 6) is -0.110. The third-order valence-corrected chi connectivity index (χ3v) is 1.99. The van der Waals surface area contributed by atoms with Crippen LogP contribution in [0.25, 0.3) is 0 Å². The largest absolute Gasteiger partial charge is 0.398 e. The first-order chi connectivity index (χ1) is 6.02. The van der Waals surface area contributed by atoms with Crippen LogP contribution in [0.1, 0.15) is 35.7 Å². The smallest absolute Gasteiger partial charge is 0.248 e. The number of carbonyl (C=O) groups excluding carboxylic acids is 1. The van der Waals surface area contributed by atoms with Gasteiger partial charge in [-0.1, -0.05) is 13.8 Å². The predicted octanol–water partition coefficient (Wildman–Crippen LogP) is 1.49. The zero-order valence-electron chi connectivity index (χ0n) is 7.87. The van der Waals surface area contributed by atoms with Gasteiger partial charge in [-0.05, 0) is 29.7 Å². The van der Waals surface area contributed by atoms with Crippen LogP contribution in [0.5, 0.6) is 0 Å². The van der Waals surface area contributed by atoms with Gasteiger partial charge in [0.2, 0.25) is 5.91 Å².